The van der Waals surface area contributed by atoms with Gasteiger partial charge in [-0.25, -0.2) is 0 Å². The molecular weight excluding hydrogens is 342 g/mol. The van der Waals surface area contributed by atoms with Gasteiger partial charge in [-0.15, -0.1) is 0 Å². The molecule has 1 atom stereocenters. The number of nitrogens with zero attached hydrogens (tertiary/aromatic N) is 1. The van der Waals surface area contributed by atoms with Gasteiger partial charge in [-0.1, -0.05) is 25.5 Å². The van der Waals surface area contributed by atoms with E-state index in [1.165, 1.54) is 4.90 Å². The van der Waals surface area contributed by atoms with E-state index in [2.05, 4.69) is 16.0 Å². The highest BCUT2D eigenvalue weighted by Gasteiger charge is 2.37. The van der Waals surface area contributed by atoms with Crippen LogP contribution in [-0.2, 0) is 9.59 Å². The minimum absolute atomic E-state index is 0.0616. The summed E-state index contributed by atoms with van der Waals surface area (Å²) in [6, 6.07) is 0. The molecule has 0 aromatic heterocycles. The van der Waals surface area contributed by atoms with Crippen LogP contribution in [0, 0.1) is 18.3 Å². The molecule has 1 rings (SSSR count). The Labute approximate surface area is 164 Å². The largest absolute Gasteiger partial charge is 0.329 e. The van der Waals surface area contributed by atoms with Crippen LogP contribution in [0.5, 0.6) is 0 Å². The third kappa shape index (κ3) is 10.0. The Morgan fingerprint density at radius 1 is 1.15 bits per heavy atom. The summed E-state index contributed by atoms with van der Waals surface area (Å²) >= 11 is 0. The summed E-state index contributed by atoms with van der Waals surface area (Å²) in [5.41, 5.74) is 6.05. The molecule has 2 radical (unpaired) electrons. The molecule has 1 aliphatic rings. The van der Waals surface area contributed by atoms with E-state index in [1.807, 2.05) is 26.8 Å². The standard InChI is InChI=1S/C20H37N5O2/c1-16(15-20(2,3)4)13-17-14-18(26)25(19(17)27)12-11-24-10-9-23-8-7-22-6-5-21/h2,15,17,22-24H,5-14,21H2,1,3-4H3/b16-15+. The number of carbonyl (C=O) groups is 2. The lowest BCUT2D eigenvalue weighted by atomic mass is 9.90. The zero-order valence-corrected chi connectivity index (χ0v) is 17.1. The molecule has 0 aromatic rings. The number of likely N-dealkylation sites (tertiary alicyclic amines) is 1. The van der Waals surface area contributed by atoms with E-state index < -0.39 is 5.41 Å². The molecule has 1 saturated heterocycles. The van der Waals surface area contributed by atoms with Crippen molar-refractivity contribution in [3.8, 4) is 0 Å². The molecule has 7 heteroatoms. The number of rotatable bonds is 14. The van der Waals surface area contributed by atoms with Crippen molar-refractivity contribution in [1.82, 2.24) is 20.9 Å². The van der Waals surface area contributed by atoms with Crippen molar-refractivity contribution < 1.29 is 9.59 Å². The number of nitrogens with one attached hydrogen (secondary N) is 3. The fourth-order valence-corrected chi connectivity index (χ4v) is 3.25. The second-order valence-corrected chi connectivity index (χ2v) is 7.84. The quantitative estimate of drug-likeness (QED) is 0.195. The van der Waals surface area contributed by atoms with Gasteiger partial charge in [0.25, 0.3) is 0 Å². The summed E-state index contributed by atoms with van der Waals surface area (Å²) in [6.45, 7) is 17.7. The monoisotopic (exact) mass is 379 g/mol. The smallest absolute Gasteiger partial charge is 0.233 e. The molecule has 0 spiro atoms. The van der Waals surface area contributed by atoms with E-state index in [4.69, 9.17) is 12.7 Å². The van der Waals surface area contributed by atoms with Crippen molar-refractivity contribution in [1.29, 1.82) is 0 Å². The molecule has 154 valence electrons. The topological polar surface area (TPSA) is 99.5 Å². The molecule has 1 aliphatic heterocycles. The zero-order chi connectivity index (χ0) is 20.3. The molecule has 1 heterocycles. The minimum Gasteiger partial charge on any atom is -0.329 e. The first kappa shape index (κ1) is 23.8. The predicted molar refractivity (Wildman–Crippen MR) is 109 cm³/mol. The highest BCUT2D eigenvalue weighted by Crippen LogP contribution is 2.27. The van der Waals surface area contributed by atoms with Gasteiger partial charge in [0.2, 0.25) is 11.8 Å². The maximum absolute atomic E-state index is 12.5. The van der Waals surface area contributed by atoms with Crippen molar-refractivity contribution in [2.24, 2.45) is 17.1 Å². The van der Waals surface area contributed by atoms with Crippen LogP contribution in [0.1, 0.15) is 33.6 Å². The Morgan fingerprint density at radius 2 is 1.70 bits per heavy atom. The maximum Gasteiger partial charge on any atom is 0.233 e. The molecule has 5 N–H and O–H groups in total. The van der Waals surface area contributed by atoms with Gasteiger partial charge in [0.15, 0.2) is 0 Å². The summed E-state index contributed by atoms with van der Waals surface area (Å²) in [4.78, 5) is 26.0. The van der Waals surface area contributed by atoms with Crippen molar-refractivity contribution in [3.63, 3.8) is 0 Å². The molecule has 1 fully saturated rings. The van der Waals surface area contributed by atoms with Crippen LogP contribution in [0.4, 0.5) is 0 Å². The first-order valence-corrected chi connectivity index (χ1v) is 9.88. The third-order valence-electron chi connectivity index (χ3n) is 4.31. The molecular formula is C20H37N5O2. The lowest BCUT2D eigenvalue weighted by Crippen LogP contribution is -2.39. The van der Waals surface area contributed by atoms with Gasteiger partial charge in [-0.05, 0) is 25.7 Å². The average Bonchev–Trinajstić information content (AvgIpc) is 2.81. The van der Waals surface area contributed by atoms with Crippen LogP contribution in [0.15, 0.2) is 11.6 Å². The Kier molecular flexibility index (Phi) is 10.8. The second kappa shape index (κ2) is 12.2. The highest BCUT2D eigenvalue weighted by molar-refractivity contribution is 6.03. The van der Waals surface area contributed by atoms with Crippen molar-refractivity contribution in [2.75, 3.05) is 52.4 Å². The number of allylic oxidation sites excluding steroid dienone is 2. The normalized spacial score (nSPS) is 18.6. The Morgan fingerprint density at radius 3 is 2.26 bits per heavy atom. The molecule has 0 aliphatic carbocycles. The lowest BCUT2D eigenvalue weighted by Gasteiger charge is -2.17. The van der Waals surface area contributed by atoms with Gasteiger partial charge in [0.1, 0.15) is 0 Å². The van der Waals surface area contributed by atoms with Gasteiger partial charge >= 0.3 is 0 Å². The van der Waals surface area contributed by atoms with E-state index >= 15 is 0 Å². The molecule has 0 saturated carbocycles. The molecule has 7 nitrogen and oxygen atoms in total. The minimum atomic E-state index is -0.409. The van der Waals surface area contributed by atoms with E-state index in [9.17, 15) is 9.59 Å². The average molecular weight is 380 g/mol. The Bertz CT molecular complexity index is 499. The molecule has 2 amide bonds. The van der Waals surface area contributed by atoms with Crippen molar-refractivity contribution >= 4 is 11.8 Å². The van der Waals surface area contributed by atoms with Gasteiger partial charge in [0, 0.05) is 58.8 Å². The number of hydrogen-bond donors (Lipinski definition) is 4. The van der Waals surface area contributed by atoms with E-state index in [1.54, 1.807) is 0 Å². The van der Waals surface area contributed by atoms with Crippen molar-refractivity contribution in [2.45, 2.75) is 33.6 Å². The van der Waals surface area contributed by atoms with E-state index in [-0.39, 0.29) is 17.7 Å². The Hall–Kier alpha value is -1.28. The SMILES string of the molecule is [CH]C(C)(C)/C=C(\C)CC1CC(=O)N(CCNCCNCCNCCN)C1=O. The zero-order valence-electron chi connectivity index (χ0n) is 17.1. The fraction of sp³-hybridized carbons (Fsp3) is 0.750. The van der Waals surface area contributed by atoms with E-state index in [0.717, 1.165) is 38.3 Å². The fourth-order valence-electron chi connectivity index (χ4n) is 3.25. The van der Waals surface area contributed by atoms with Crippen LogP contribution in [0.3, 0.4) is 0 Å². The summed E-state index contributed by atoms with van der Waals surface area (Å²) in [7, 11) is 0. The summed E-state index contributed by atoms with van der Waals surface area (Å²) in [5.74, 6) is -0.386. The number of nitrogens with two attached hydrogens (primary N) is 1. The highest BCUT2D eigenvalue weighted by atomic mass is 16.2. The van der Waals surface area contributed by atoms with Gasteiger partial charge < -0.3 is 21.7 Å². The van der Waals surface area contributed by atoms with Crippen LogP contribution in [0.2, 0.25) is 0 Å². The van der Waals surface area contributed by atoms with Crippen molar-refractivity contribution in [3.05, 3.63) is 18.6 Å². The van der Waals surface area contributed by atoms with Gasteiger partial charge in [-0.3, -0.25) is 14.5 Å². The number of imide groups is 1. The van der Waals surface area contributed by atoms with Crippen LogP contribution in [0.25, 0.3) is 0 Å². The van der Waals surface area contributed by atoms with Crippen LogP contribution >= 0.6 is 0 Å². The van der Waals surface area contributed by atoms with E-state index in [0.29, 0.717) is 32.5 Å². The maximum atomic E-state index is 12.5. The molecule has 0 aromatic carbocycles. The summed E-state index contributed by atoms with van der Waals surface area (Å²) in [5, 5.41) is 9.79. The number of hydrogen-bond acceptors (Lipinski definition) is 6. The summed E-state index contributed by atoms with van der Waals surface area (Å²) < 4.78 is 0. The predicted octanol–water partition coefficient (Wildman–Crippen LogP) is 0.163. The van der Waals surface area contributed by atoms with Crippen LogP contribution in [-0.4, -0.2) is 69.1 Å². The summed E-state index contributed by atoms with van der Waals surface area (Å²) in [6.07, 6.45) is 2.86. The van der Waals surface area contributed by atoms with Gasteiger partial charge in [-0.2, -0.15) is 0 Å². The number of carbonyl (C=O) groups excluding carboxylic acids is 2. The first-order valence-electron chi connectivity index (χ1n) is 9.88. The molecule has 0 bridgehead atoms. The van der Waals surface area contributed by atoms with Crippen LogP contribution < -0.4 is 21.7 Å². The second-order valence-electron chi connectivity index (χ2n) is 7.84. The molecule has 1 unspecified atom stereocenters. The Balaban J connectivity index is 2.22. The molecule has 27 heavy (non-hydrogen) atoms. The number of amides is 2. The lowest BCUT2D eigenvalue weighted by molar-refractivity contribution is -0.139. The first-order chi connectivity index (χ1) is 12.7. The third-order valence-corrected chi connectivity index (χ3v) is 4.31. The van der Waals surface area contributed by atoms with Gasteiger partial charge in [0.05, 0.1) is 5.92 Å².